The lowest BCUT2D eigenvalue weighted by Crippen LogP contribution is -2.66. The Morgan fingerprint density at radius 2 is 1.95 bits per heavy atom. The smallest absolute Gasteiger partial charge is 0.0757 e. The first kappa shape index (κ1) is 15.6. The standard InChI is InChI=1S/C15H30N2OS/c1-12-6-17(9-14(4,5)18-12)15(8-16)7-13(2,3)10-19-11-15/h12H,6-11,16H2,1-5H3. The van der Waals surface area contributed by atoms with Crippen molar-refractivity contribution < 1.29 is 4.74 Å². The molecule has 19 heavy (non-hydrogen) atoms. The normalized spacial score (nSPS) is 39.2. The molecule has 2 aliphatic heterocycles. The molecule has 0 amide bonds. The minimum atomic E-state index is -0.0634. The Bertz CT molecular complexity index is 332. The first-order valence-corrected chi connectivity index (χ1v) is 8.54. The molecule has 0 bridgehead atoms. The Hall–Kier alpha value is 0.230. The van der Waals surface area contributed by atoms with Gasteiger partial charge in [0.15, 0.2) is 0 Å². The van der Waals surface area contributed by atoms with Gasteiger partial charge in [0.25, 0.3) is 0 Å². The fourth-order valence-corrected chi connectivity index (χ4v) is 5.33. The van der Waals surface area contributed by atoms with Gasteiger partial charge in [0.2, 0.25) is 0 Å². The van der Waals surface area contributed by atoms with Crippen LogP contribution in [0.1, 0.15) is 41.0 Å². The van der Waals surface area contributed by atoms with E-state index in [9.17, 15) is 0 Å². The van der Waals surface area contributed by atoms with E-state index in [1.165, 1.54) is 12.2 Å². The van der Waals surface area contributed by atoms with Crippen molar-refractivity contribution in [1.82, 2.24) is 4.90 Å². The predicted octanol–water partition coefficient (Wildman–Crippen LogP) is 2.35. The number of hydrogen-bond acceptors (Lipinski definition) is 4. The molecule has 0 aromatic heterocycles. The van der Waals surface area contributed by atoms with Crippen molar-refractivity contribution in [3.8, 4) is 0 Å². The second-order valence-electron chi connectivity index (χ2n) is 7.83. The lowest BCUT2D eigenvalue weighted by Gasteiger charge is -2.55. The van der Waals surface area contributed by atoms with E-state index < -0.39 is 0 Å². The molecule has 0 aromatic carbocycles. The number of nitrogens with zero attached hydrogens (tertiary/aromatic N) is 1. The second kappa shape index (κ2) is 5.21. The van der Waals surface area contributed by atoms with Gasteiger partial charge in [-0.15, -0.1) is 0 Å². The van der Waals surface area contributed by atoms with E-state index in [1.807, 2.05) is 0 Å². The number of hydrogen-bond donors (Lipinski definition) is 1. The van der Waals surface area contributed by atoms with E-state index in [1.54, 1.807) is 0 Å². The summed E-state index contributed by atoms with van der Waals surface area (Å²) >= 11 is 2.07. The monoisotopic (exact) mass is 286 g/mol. The van der Waals surface area contributed by atoms with Gasteiger partial charge in [0, 0.05) is 30.9 Å². The summed E-state index contributed by atoms with van der Waals surface area (Å²) in [4.78, 5) is 2.62. The molecule has 2 N–H and O–H groups in total. The molecule has 0 aromatic rings. The van der Waals surface area contributed by atoms with E-state index in [2.05, 4.69) is 51.3 Å². The van der Waals surface area contributed by atoms with Crippen LogP contribution in [0.4, 0.5) is 0 Å². The molecule has 2 aliphatic rings. The summed E-state index contributed by atoms with van der Waals surface area (Å²) in [7, 11) is 0. The Balaban J connectivity index is 2.20. The van der Waals surface area contributed by atoms with Crippen LogP contribution in [0.5, 0.6) is 0 Å². The number of thioether (sulfide) groups is 1. The Kier molecular flexibility index (Phi) is 4.28. The zero-order chi connectivity index (χ0) is 14.3. The Morgan fingerprint density at radius 1 is 1.26 bits per heavy atom. The summed E-state index contributed by atoms with van der Waals surface area (Å²) in [6.45, 7) is 14.1. The molecular formula is C15H30N2OS. The molecular weight excluding hydrogens is 256 g/mol. The maximum Gasteiger partial charge on any atom is 0.0757 e. The van der Waals surface area contributed by atoms with Gasteiger partial charge in [0.1, 0.15) is 0 Å². The lowest BCUT2D eigenvalue weighted by molar-refractivity contribution is -0.153. The maximum atomic E-state index is 6.23. The fraction of sp³-hybridized carbons (Fsp3) is 1.00. The van der Waals surface area contributed by atoms with E-state index in [0.717, 1.165) is 25.4 Å². The molecule has 2 fully saturated rings. The molecule has 2 unspecified atom stereocenters. The van der Waals surface area contributed by atoms with Crippen LogP contribution in [0.2, 0.25) is 0 Å². The molecule has 2 rings (SSSR count). The third-order valence-electron chi connectivity index (χ3n) is 4.29. The quantitative estimate of drug-likeness (QED) is 0.846. The molecule has 2 saturated heterocycles. The molecule has 0 spiro atoms. The topological polar surface area (TPSA) is 38.5 Å². The van der Waals surface area contributed by atoms with Gasteiger partial charge < -0.3 is 10.5 Å². The van der Waals surface area contributed by atoms with Gasteiger partial charge in [-0.3, -0.25) is 4.90 Å². The van der Waals surface area contributed by atoms with Crippen LogP contribution >= 0.6 is 11.8 Å². The number of ether oxygens (including phenoxy) is 1. The summed E-state index contributed by atoms with van der Waals surface area (Å²) in [5.41, 5.74) is 6.70. The van der Waals surface area contributed by atoms with Crippen LogP contribution in [0, 0.1) is 5.41 Å². The van der Waals surface area contributed by atoms with Crippen LogP contribution in [0.25, 0.3) is 0 Å². The van der Waals surface area contributed by atoms with Gasteiger partial charge >= 0.3 is 0 Å². The van der Waals surface area contributed by atoms with Gasteiger partial charge in [-0.1, -0.05) is 13.8 Å². The van der Waals surface area contributed by atoms with Gasteiger partial charge in [0.05, 0.1) is 11.7 Å². The van der Waals surface area contributed by atoms with Gasteiger partial charge in [-0.05, 0) is 38.4 Å². The van der Waals surface area contributed by atoms with Crippen molar-refractivity contribution >= 4 is 11.8 Å². The first-order chi connectivity index (χ1) is 8.68. The number of morpholine rings is 1. The molecule has 0 saturated carbocycles. The highest BCUT2D eigenvalue weighted by molar-refractivity contribution is 7.99. The highest BCUT2D eigenvalue weighted by Gasteiger charge is 2.47. The van der Waals surface area contributed by atoms with Gasteiger partial charge in [-0.25, -0.2) is 0 Å². The van der Waals surface area contributed by atoms with E-state index in [0.29, 0.717) is 11.5 Å². The minimum absolute atomic E-state index is 0.0634. The molecule has 112 valence electrons. The molecule has 2 atom stereocenters. The zero-order valence-corrected chi connectivity index (χ0v) is 14.0. The Labute approximate surface area is 122 Å². The van der Waals surface area contributed by atoms with Crippen LogP contribution in [-0.4, -0.2) is 53.3 Å². The highest BCUT2D eigenvalue weighted by atomic mass is 32.2. The van der Waals surface area contributed by atoms with E-state index in [4.69, 9.17) is 10.5 Å². The summed E-state index contributed by atoms with van der Waals surface area (Å²) in [5, 5.41) is 0. The molecule has 3 nitrogen and oxygen atoms in total. The zero-order valence-electron chi connectivity index (χ0n) is 13.2. The maximum absolute atomic E-state index is 6.23. The summed E-state index contributed by atoms with van der Waals surface area (Å²) in [6, 6.07) is 0. The largest absolute Gasteiger partial charge is 0.370 e. The van der Waals surface area contributed by atoms with Crippen molar-refractivity contribution in [1.29, 1.82) is 0 Å². The predicted molar refractivity (Wildman–Crippen MR) is 83.7 cm³/mol. The van der Waals surface area contributed by atoms with E-state index >= 15 is 0 Å². The number of nitrogens with two attached hydrogens (primary N) is 1. The third kappa shape index (κ3) is 3.46. The fourth-order valence-electron chi connectivity index (χ4n) is 3.79. The van der Waals surface area contributed by atoms with Crippen molar-refractivity contribution in [3.63, 3.8) is 0 Å². The lowest BCUT2D eigenvalue weighted by atomic mass is 9.78. The van der Waals surface area contributed by atoms with Crippen molar-refractivity contribution in [2.75, 3.05) is 31.1 Å². The minimum Gasteiger partial charge on any atom is -0.370 e. The van der Waals surface area contributed by atoms with Crippen molar-refractivity contribution in [2.24, 2.45) is 11.1 Å². The second-order valence-corrected chi connectivity index (χ2v) is 8.82. The average Bonchev–Trinajstić information content (AvgIpc) is 2.24. The van der Waals surface area contributed by atoms with Crippen LogP contribution < -0.4 is 5.73 Å². The summed E-state index contributed by atoms with van der Waals surface area (Å²) in [5.74, 6) is 2.41. The summed E-state index contributed by atoms with van der Waals surface area (Å²) < 4.78 is 6.05. The highest BCUT2D eigenvalue weighted by Crippen LogP contribution is 2.43. The Morgan fingerprint density at radius 3 is 2.47 bits per heavy atom. The van der Waals surface area contributed by atoms with Crippen molar-refractivity contribution in [3.05, 3.63) is 0 Å². The molecule has 2 heterocycles. The SMILES string of the molecule is CC1CN(C2(CN)CSCC(C)(C)C2)CC(C)(C)O1. The molecule has 4 heteroatoms. The third-order valence-corrected chi connectivity index (χ3v) is 6.02. The first-order valence-electron chi connectivity index (χ1n) is 7.39. The van der Waals surface area contributed by atoms with Gasteiger partial charge in [-0.2, -0.15) is 11.8 Å². The van der Waals surface area contributed by atoms with Crippen LogP contribution in [-0.2, 0) is 4.74 Å². The van der Waals surface area contributed by atoms with E-state index in [-0.39, 0.29) is 11.1 Å². The van der Waals surface area contributed by atoms with Crippen LogP contribution in [0.3, 0.4) is 0 Å². The molecule has 0 radical (unpaired) electrons. The van der Waals surface area contributed by atoms with Crippen molar-refractivity contribution in [2.45, 2.75) is 58.3 Å². The molecule has 0 aliphatic carbocycles. The summed E-state index contributed by atoms with van der Waals surface area (Å²) in [6.07, 6.45) is 1.49. The average molecular weight is 286 g/mol. The van der Waals surface area contributed by atoms with Crippen LogP contribution in [0.15, 0.2) is 0 Å². The number of rotatable bonds is 2.